The van der Waals surface area contributed by atoms with Crippen molar-refractivity contribution in [3.63, 3.8) is 0 Å². The molecule has 1 aliphatic rings. The van der Waals surface area contributed by atoms with E-state index in [1.165, 1.54) is 19.3 Å². The molecule has 2 aromatic carbocycles. The first-order valence-corrected chi connectivity index (χ1v) is 9.64. The third-order valence-corrected chi connectivity index (χ3v) is 5.39. The Labute approximate surface area is 156 Å². The van der Waals surface area contributed by atoms with Gasteiger partial charge in [-0.05, 0) is 43.5 Å². The van der Waals surface area contributed by atoms with Crippen LogP contribution in [0.25, 0.3) is 10.2 Å². The maximum Gasteiger partial charge on any atom is 0.349 e. The predicted molar refractivity (Wildman–Crippen MR) is 103 cm³/mol. The zero-order valence-corrected chi connectivity index (χ0v) is 15.2. The summed E-state index contributed by atoms with van der Waals surface area (Å²) in [5.41, 5.74) is 0.941. The molecule has 0 N–H and O–H groups in total. The molecule has 0 radical (unpaired) electrons. The zero-order valence-electron chi connectivity index (χ0n) is 14.4. The highest BCUT2D eigenvalue weighted by atomic mass is 32.1. The first kappa shape index (κ1) is 16.8. The van der Waals surface area contributed by atoms with Crippen LogP contribution in [0.5, 0.6) is 11.5 Å². The lowest BCUT2D eigenvalue weighted by atomic mass is 10.1. The van der Waals surface area contributed by atoms with E-state index in [4.69, 9.17) is 14.5 Å². The van der Waals surface area contributed by atoms with E-state index in [0.29, 0.717) is 11.5 Å². The minimum Gasteiger partial charge on any atom is -0.482 e. The first-order chi connectivity index (χ1) is 12.8. The van der Waals surface area contributed by atoms with Crippen molar-refractivity contribution in [1.82, 2.24) is 4.98 Å². The monoisotopic (exact) mass is 368 g/mol. The number of benzene rings is 2. The van der Waals surface area contributed by atoms with Gasteiger partial charge in [0.05, 0.1) is 10.2 Å². The third kappa shape index (κ3) is 3.96. The molecule has 0 spiro atoms. The Hall–Kier alpha value is -2.60. The van der Waals surface area contributed by atoms with Crippen LogP contribution < -0.4 is 14.4 Å². The van der Waals surface area contributed by atoms with Crippen molar-refractivity contribution in [3.05, 3.63) is 48.5 Å². The number of piperidine rings is 1. The lowest BCUT2D eigenvalue weighted by Crippen LogP contribution is -2.29. The Morgan fingerprint density at radius 2 is 1.85 bits per heavy atom. The van der Waals surface area contributed by atoms with Gasteiger partial charge in [-0.1, -0.05) is 29.5 Å². The summed E-state index contributed by atoms with van der Waals surface area (Å²) in [4.78, 5) is 19.1. The standard InChI is InChI=1S/C20H20N2O3S/c23-19(14-24-15-7-3-1-4-8-15)25-16-9-10-17-18(13-16)26-20(21-17)22-11-5-2-6-12-22/h1,3-4,7-10,13H,2,5-6,11-12,14H2. The molecule has 3 aromatic rings. The number of fused-ring (bicyclic) bond motifs is 1. The van der Waals surface area contributed by atoms with E-state index in [2.05, 4.69) is 4.90 Å². The van der Waals surface area contributed by atoms with Gasteiger partial charge in [0.2, 0.25) is 0 Å². The van der Waals surface area contributed by atoms with Crippen LogP contribution in [0.4, 0.5) is 5.13 Å². The molecular weight excluding hydrogens is 348 g/mol. The number of carbonyl (C=O) groups excluding carboxylic acids is 1. The van der Waals surface area contributed by atoms with Crippen LogP contribution in [-0.2, 0) is 4.79 Å². The summed E-state index contributed by atoms with van der Waals surface area (Å²) in [5.74, 6) is 0.746. The smallest absolute Gasteiger partial charge is 0.349 e. The van der Waals surface area contributed by atoms with E-state index >= 15 is 0 Å². The van der Waals surface area contributed by atoms with Gasteiger partial charge in [-0.15, -0.1) is 0 Å². The summed E-state index contributed by atoms with van der Waals surface area (Å²) < 4.78 is 11.8. The molecule has 134 valence electrons. The summed E-state index contributed by atoms with van der Waals surface area (Å²) in [6, 6.07) is 14.8. The summed E-state index contributed by atoms with van der Waals surface area (Å²) >= 11 is 1.65. The second-order valence-corrected chi connectivity index (χ2v) is 7.26. The van der Waals surface area contributed by atoms with Gasteiger partial charge in [0.1, 0.15) is 11.5 Å². The van der Waals surface area contributed by atoms with E-state index < -0.39 is 5.97 Å². The molecule has 0 bridgehead atoms. The van der Waals surface area contributed by atoms with Crippen molar-refractivity contribution in [2.45, 2.75) is 19.3 Å². The van der Waals surface area contributed by atoms with E-state index in [1.54, 1.807) is 29.5 Å². The number of anilines is 1. The molecule has 0 amide bonds. The molecule has 26 heavy (non-hydrogen) atoms. The summed E-state index contributed by atoms with van der Waals surface area (Å²) in [6.07, 6.45) is 3.74. The fraction of sp³-hybridized carbons (Fsp3) is 0.300. The van der Waals surface area contributed by atoms with Crippen molar-refractivity contribution in [2.24, 2.45) is 0 Å². The lowest BCUT2D eigenvalue weighted by molar-refractivity contribution is -0.136. The van der Waals surface area contributed by atoms with E-state index in [-0.39, 0.29) is 6.61 Å². The highest BCUT2D eigenvalue weighted by Gasteiger charge is 2.16. The largest absolute Gasteiger partial charge is 0.482 e. The van der Waals surface area contributed by atoms with Gasteiger partial charge in [0, 0.05) is 19.2 Å². The van der Waals surface area contributed by atoms with Crippen LogP contribution in [0.2, 0.25) is 0 Å². The van der Waals surface area contributed by atoms with E-state index in [0.717, 1.165) is 28.4 Å². The fourth-order valence-corrected chi connectivity index (χ4v) is 4.04. The number of ether oxygens (including phenoxy) is 2. The second kappa shape index (κ2) is 7.74. The van der Waals surface area contributed by atoms with Gasteiger partial charge in [0.25, 0.3) is 0 Å². The third-order valence-electron chi connectivity index (χ3n) is 4.31. The van der Waals surface area contributed by atoms with Gasteiger partial charge in [-0.2, -0.15) is 0 Å². The Balaban J connectivity index is 1.41. The average Bonchev–Trinajstić information content (AvgIpc) is 3.11. The van der Waals surface area contributed by atoms with Gasteiger partial charge in [0.15, 0.2) is 11.7 Å². The number of aromatic nitrogens is 1. The molecule has 0 atom stereocenters. The van der Waals surface area contributed by atoms with E-state index in [1.807, 2.05) is 30.3 Å². The van der Waals surface area contributed by atoms with E-state index in [9.17, 15) is 4.79 Å². The number of hydrogen-bond acceptors (Lipinski definition) is 6. The molecule has 1 fully saturated rings. The molecule has 1 aromatic heterocycles. The lowest BCUT2D eigenvalue weighted by Gasteiger charge is -2.25. The number of rotatable bonds is 5. The molecular formula is C20H20N2O3S. The molecule has 6 heteroatoms. The topological polar surface area (TPSA) is 51.7 Å². The summed E-state index contributed by atoms with van der Waals surface area (Å²) in [7, 11) is 0. The molecule has 1 saturated heterocycles. The SMILES string of the molecule is O=C(COc1ccccc1)Oc1ccc2nc(N3CCCCC3)sc2c1. The summed E-state index contributed by atoms with van der Waals surface area (Å²) in [6.45, 7) is 2.01. The Bertz CT molecular complexity index is 888. The Kier molecular flexibility index (Phi) is 5.02. The molecule has 0 saturated carbocycles. The van der Waals surface area contributed by atoms with Gasteiger partial charge in [-0.3, -0.25) is 0 Å². The Morgan fingerprint density at radius 3 is 2.65 bits per heavy atom. The van der Waals surface area contributed by atoms with Crippen molar-refractivity contribution in [1.29, 1.82) is 0 Å². The molecule has 4 rings (SSSR count). The number of carbonyl (C=O) groups is 1. The minimum absolute atomic E-state index is 0.121. The second-order valence-electron chi connectivity index (χ2n) is 6.25. The predicted octanol–water partition coefficient (Wildman–Crippen LogP) is 4.27. The quantitative estimate of drug-likeness (QED) is 0.497. The van der Waals surface area contributed by atoms with Gasteiger partial charge < -0.3 is 14.4 Å². The van der Waals surface area contributed by atoms with Gasteiger partial charge in [-0.25, -0.2) is 9.78 Å². The van der Waals surface area contributed by atoms with Crippen molar-refractivity contribution in [2.75, 3.05) is 24.6 Å². The molecule has 5 nitrogen and oxygen atoms in total. The maximum absolute atomic E-state index is 12.0. The highest BCUT2D eigenvalue weighted by molar-refractivity contribution is 7.22. The number of hydrogen-bond donors (Lipinski definition) is 0. The minimum atomic E-state index is -0.422. The van der Waals surface area contributed by atoms with Crippen molar-refractivity contribution in [3.8, 4) is 11.5 Å². The number of thiazole rings is 1. The number of nitrogens with zero attached hydrogens (tertiary/aromatic N) is 2. The van der Waals surface area contributed by atoms with Crippen LogP contribution in [-0.4, -0.2) is 30.6 Å². The molecule has 2 heterocycles. The summed E-state index contributed by atoms with van der Waals surface area (Å²) in [5, 5.41) is 1.05. The molecule has 0 aliphatic carbocycles. The number of esters is 1. The molecule has 0 unspecified atom stereocenters. The van der Waals surface area contributed by atoms with Crippen LogP contribution >= 0.6 is 11.3 Å². The van der Waals surface area contributed by atoms with Crippen molar-refractivity contribution < 1.29 is 14.3 Å². The fourth-order valence-electron chi connectivity index (χ4n) is 3.00. The van der Waals surface area contributed by atoms with Crippen LogP contribution in [0.15, 0.2) is 48.5 Å². The normalized spacial score (nSPS) is 14.4. The number of para-hydroxylation sites is 1. The van der Waals surface area contributed by atoms with Crippen molar-refractivity contribution >= 4 is 32.7 Å². The zero-order chi connectivity index (χ0) is 17.8. The molecule has 1 aliphatic heterocycles. The maximum atomic E-state index is 12.0. The van der Waals surface area contributed by atoms with Crippen LogP contribution in [0.3, 0.4) is 0 Å². The average molecular weight is 368 g/mol. The van der Waals surface area contributed by atoms with Gasteiger partial charge >= 0.3 is 5.97 Å². The van der Waals surface area contributed by atoms with Crippen LogP contribution in [0, 0.1) is 0 Å². The Morgan fingerprint density at radius 1 is 1.04 bits per heavy atom. The van der Waals surface area contributed by atoms with Crippen LogP contribution in [0.1, 0.15) is 19.3 Å². The first-order valence-electron chi connectivity index (χ1n) is 8.82. The highest BCUT2D eigenvalue weighted by Crippen LogP contribution is 2.32.